The zero-order valence-corrected chi connectivity index (χ0v) is 13.8. The highest BCUT2D eigenvalue weighted by molar-refractivity contribution is 5.39. The van der Waals surface area contributed by atoms with Gasteiger partial charge in [-0.1, -0.05) is 56.3 Å². The van der Waals surface area contributed by atoms with E-state index in [0.717, 1.165) is 18.0 Å². The molecular weight excluding hydrogens is 284 g/mol. The van der Waals surface area contributed by atoms with Gasteiger partial charge in [0.1, 0.15) is 12.4 Å². The minimum absolute atomic E-state index is 0.0226. The molecule has 2 aromatic carbocycles. The van der Waals surface area contributed by atoms with Gasteiger partial charge in [0.05, 0.1) is 11.9 Å². The summed E-state index contributed by atoms with van der Waals surface area (Å²) < 4.78 is 5.86. The van der Waals surface area contributed by atoms with E-state index in [9.17, 15) is 0 Å². The van der Waals surface area contributed by atoms with Gasteiger partial charge in [0.2, 0.25) is 0 Å². The predicted octanol–water partition coefficient (Wildman–Crippen LogP) is 3.55. The summed E-state index contributed by atoms with van der Waals surface area (Å²) >= 11 is 0. The minimum Gasteiger partial charge on any atom is -0.491 e. The lowest BCUT2D eigenvalue weighted by atomic mass is 9.78. The average molecular weight is 308 g/mol. The summed E-state index contributed by atoms with van der Waals surface area (Å²) in [5.41, 5.74) is 8.28. The van der Waals surface area contributed by atoms with Gasteiger partial charge in [-0.15, -0.1) is 0 Å². The average Bonchev–Trinajstić information content (AvgIpc) is 3.00. The van der Waals surface area contributed by atoms with Crippen LogP contribution >= 0.6 is 0 Å². The van der Waals surface area contributed by atoms with E-state index in [1.165, 1.54) is 11.1 Å². The van der Waals surface area contributed by atoms with Crippen molar-refractivity contribution in [2.75, 3.05) is 6.61 Å². The largest absolute Gasteiger partial charge is 0.491 e. The fourth-order valence-electron chi connectivity index (χ4n) is 2.92. The summed E-state index contributed by atoms with van der Waals surface area (Å²) in [4.78, 5) is 0. The van der Waals surface area contributed by atoms with Crippen molar-refractivity contribution in [2.45, 2.75) is 31.7 Å². The van der Waals surface area contributed by atoms with Gasteiger partial charge in [-0.3, -0.25) is 0 Å². The second kappa shape index (κ2) is 6.37. The summed E-state index contributed by atoms with van der Waals surface area (Å²) in [5.74, 6) is 1.64. The van der Waals surface area contributed by atoms with E-state index in [4.69, 9.17) is 10.5 Å². The molecule has 1 aliphatic heterocycles. The van der Waals surface area contributed by atoms with Gasteiger partial charge in [-0.05, 0) is 35.8 Å². The Hall–Kier alpha value is -2.42. The predicted molar refractivity (Wildman–Crippen MR) is 94.3 cm³/mol. The van der Waals surface area contributed by atoms with Crippen LogP contribution in [-0.4, -0.2) is 12.6 Å². The molecule has 0 aliphatic carbocycles. The molecule has 0 radical (unpaired) electrons. The van der Waals surface area contributed by atoms with Crippen molar-refractivity contribution in [3.8, 4) is 5.75 Å². The maximum Gasteiger partial charge on any atom is 0.119 e. The fraction of sp³-hybridized carbons (Fsp3) is 0.300. The van der Waals surface area contributed by atoms with E-state index in [-0.39, 0.29) is 11.5 Å². The molecule has 0 aromatic heterocycles. The summed E-state index contributed by atoms with van der Waals surface area (Å²) in [6.07, 6.45) is 2.92. The molecule has 2 aromatic rings. The Morgan fingerprint density at radius 2 is 1.70 bits per heavy atom. The first-order chi connectivity index (χ1) is 11.1. The van der Waals surface area contributed by atoms with Crippen molar-refractivity contribution in [3.63, 3.8) is 0 Å². The van der Waals surface area contributed by atoms with Crippen LogP contribution in [-0.2, 0) is 5.41 Å². The highest BCUT2D eigenvalue weighted by atomic mass is 16.5. The second-order valence-electron chi connectivity index (χ2n) is 6.56. The van der Waals surface area contributed by atoms with Gasteiger partial charge in [0.25, 0.3) is 0 Å². The van der Waals surface area contributed by atoms with Crippen LogP contribution in [0, 0.1) is 0 Å². The van der Waals surface area contributed by atoms with E-state index in [1.807, 2.05) is 18.2 Å². The Kier molecular flexibility index (Phi) is 4.28. The molecule has 0 saturated carbocycles. The summed E-state index contributed by atoms with van der Waals surface area (Å²) in [5, 5.41) is 3.20. The Labute approximate surface area is 138 Å². The first-order valence-corrected chi connectivity index (χ1v) is 8.07. The van der Waals surface area contributed by atoms with Crippen molar-refractivity contribution in [3.05, 3.63) is 77.6 Å². The molecule has 1 heterocycles. The molecule has 0 fully saturated rings. The molecule has 3 heteroatoms. The lowest BCUT2D eigenvalue weighted by molar-refractivity contribution is 0.278. The van der Waals surface area contributed by atoms with E-state index < -0.39 is 0 Å². The van der Waals surface area contributed by atoms with Gasteiger partial charge in [-0.25, -0.2) is 0 Å². The van der Waals surface area contributed by atoms with Crippen molar-refractivity contribution < 1.29 is 4.74 Å². The second-order valence-corrected chi connectivity index (χ2v) is 6.56. The number of hydrogen-bond acceptors (Lipinski definition) is 3. The molecule has 3 rings (SSSR count). The summed E-state index contributed by atoms with van der Waals surface area (Å²) in [6, 6.07) is 19.2. The molecule has 0 saturated heterocycles. The Morgan fingerprint density at radius 3 is 2.30 bits per heavy atom. The lowest BCUT2D eigenvalue weighted by Gasteiger charge is -2.26. The summed E-state index contributed by atoms with van der Waals surface area (Å²) in [7, 11) is 0. The Balaban J connectivity index is 1.65. The molecule has 1 unspecified atom stereocenters. The molecule has 120 valence electrons. The quantitative estimate of drug-likeness (QED) is 0.888. The molecular formula is C20H24N2O. The van der Waals surface area contributed by atoms with Crippen molar-refractivity contribution in [2.24, 2.45) is 5.73 Å². The highest BCUT2D eigenvalue weighted by Crippen LogP contribution is 2.32. The number of nitrogens with two attached hydrogens (primary N) is 1. The Bertz CT molecular complexity index is 675. The topological polar surface area (TPSA) is 47.3 Å². The molecule has 3 nitrogen and oxygen atoms in total. The monoisotopic (exact) mass is 308 g/mol. The maximum atomic E-state index is 5.86. The molecule has 0 bridgehead atoms. The van der Waals surface area contributed by atoms with Crippen LogP contribution in [0.2, 0.25) is 0 Å². The first-order valence-electron chi connectivity index (χ1n) is 8.07. The third-order valence-electron chi connectivity index (χ3n) is 4.52. The minimum atomic E-state index is -0.0226. The van der Waals surface area contributed by atoms with Crippen LogP contribution in [0.5, 0.6) is 5.75 Å². The molecule has 23 heavy (non-hydrogen) atoms. The van der Waals surface area contributed by atoms with Gasteiger partial charge in [0.15, 0.2) is 0 Å². The van der Waals surface area contributed by atoms with Crippen molar-refractivity contribution >= 4 is 0 Å². The zero-order chi connectivity index (χ0) is 16.3. The van der Waals surface area contributed by atoms with Gasteiger partial charge < -0.3 is 15.8 Å². The maximum absolute atomic E-state index is 5.86. The van der Waals surface area contributed by atoms with Gasteiger partial charge >= 0.3 is 0 Å². The highest BCUT2D eigenvalue weighted by Gasteiger charge is 2.22. The third kappa shape index (κ3) is 3.50. The number of rotatable bonds is 5. The van der Waals surface area contributed by atoms with Gasteiger partial charge in [-0.2, -0.15) is 0 Å². The molecule has 0 amide bonds. The molecule has 1 atom stereocenters. The van der Waals surface area contributed by atoms with Crippen LogP contribution in [0.1, 0.15) is 31.4 Å². The Morgan fingerprint density at radius 1 is 1.04 bits per heavy atom. The number of ether oxygens (including phenoxy) is 1. The normalized spacial score (nSPS) is 17.5. The molecule has 1 aliphatic rings. The smallest absolute Gasteiger partial charge is 0.119 e. The number of benzene rings is 2. The van der Waals surface area contributed by atoms with E-state index in [1.54, 1.807) is 0 Å². The number of nitrogens with one attached hydrogen (secondary N) is 1. The third-order valence-corrected chi connectivity index (χ3v) is 4.52. The molecule has 3 N–H and O–H groups in total. The van der Waals surface area contributed by atoms with E-state index in [0.29, 0.717) is 6.61 Å². The lowest BCUT2D eigenvalue weighted by Crippen LogP contribution is -2.31. The standard InChI is InChI=1S/C20H24N2O/c1-20(2,15-6-4-3-5-7-15)16-8-11-18(12-9-16)23-14-17-10-13-19(21)22-17/h3-9,11-13,17,22H,10,14,21H2,1-2H3. The van der Waals surface area contributed by atoms with E-state index >= 15 is 0 Å². The van der Waals surface area contributed by atoms with Crippen molar-refractivity contribution in [1.29, 1.82) is 0 Å². The molecule has 0 spiro atoms. The SMILES string of the molecule is CC(C)(c1ccccc1)c1ccc(OCC2CC=C(N)N2)cc1. The number of hydrogen-bond donors (Lipinski definition) is 2. The van der Waals surface area contributed by atoms with Crippen LogP contribution in [0.15, 0.2) is 66.5 Å². The van der Waals surface area contributed by atoms with Crippen molar-refractivity contribution in [1.82, 2.24) is 5.32 Å². The van der Waals surface area contributed by atoms with Crippen LogP contribution in [0.4, 0.5) is 0 Å². The first kappa shape index (κ1) is 15.5. The summed E-state index contributed by atoms with van der Waals surface area (Å²) in [6.45, 7) is 5.11. The van der Waals surface area contributed by atoms with Crippen LogP contribution in [0.25, 0.3) is 0 Å². The fourth-order valence-corrected chi connectivity index (χ4v) is 2.92. The van der Waals surface area contributed by atoms with Gasteiger partial charge in [0, 0.05) is 5.41 Å². The van der Waals surface area contributed by atoms with Crippen LogP contribution < -0.4 is 15.8 Å². The zero-order valence-electron chi connectivity index (χ0n) is 13.8. The van der Waals surface area contributed by atoms with E-state index in [2.05, 4.69) is 61.6 Å². The van der Waals surface area contributed by atoms with Crippen LogP contribution in [0.3, 0.4) is 0 Å².